The highest BCUT2D eigenvalue weighted by Crippen LogP contribution is 2.31. The Labute approximate surface area is 156 Å². The molecule has 1 aliphatic rings. The van der Waals surface area contributed by atoms with Crippen LogP contribution >= 0.6 is 23.4 Å². The Morgan fingerprint density at radius 1 is 1.24 bits per heavy atom. The summed E-state index contributed by atoms with van der Waals surface area (Å²) < 4.78 is 11.5. The number of nitrogens with one attached hydrogen (secondary N) is 1. The minimum absolute atomic E-state index is 0.00455. The van der Waals surface area contributed by atoms with Crippen LogP contribution in [0.15, 0.2) is 53.4 Å². The van der Waals surface area contributed by atoms with Gasteiger partial charge in [0.2, 0.25) is 5.91 Å². The third-order valence-electron chi connectivity index (χ3n) is 3.83. The highest BCUT2D eigenvalue weighted by molar-refractivity contribution is 8.00. The van der Waals surface area contributed by atoms with Gasteiger partial charge in [-0.3, -0.25) is 4.79 Å². The largest absolute Gasteiger partial charge is 0.486 e. The quantitative estimate of drug-likeness (QED) is 0.767. The summed E-state index contributed by atoms with van der Waals surface area (Å²) in [6.45, 7) is 2.85. The van der Waals surface area contributed by atoms with Gasteiger partial charge in [-0.1, -0.05) is 30.7 Å². The zero-order chi connectivity index (χ0) is 17.6. The minimum atomic E-state index is -0.183. The van der Waals surface area contributed by atoms with E-state index >= 15 is 0 Å². The molecule has 0 aliphatic carbocycles. The van der Waals surface area contributed by atoms with Crippen LogP contribution in [0.25, 0.3) is 0 Å². The molecule has 1 amide bonds. The van der Waals surface area contributed by atoms with Crippen LogP contribution in [0.4, 0.5) is 0 Å². The first-order valence-electron chi connectivity index (χ1n) is 8.24. The molecule has 2 aromatic rings. The van der Waals surface area contributed by atoms with Gasteiger partial charge in [-0.2, -0.15) is 0 Å². The topological polar surface area (TPSA) is 47.6 Å². The molecule has 2 unspecified atom stereocenters. The predicted octanol–water partition coefficient (Wildman–Crippen LogP) is 4.17. The van der Waals surface area contributed by atoms with Gasteiger partial charge in [-0.15, -0.1) is 11.8 Å². The molecule has 1 heterocycles. The molecule has 25 heavy (non-hydrogen) atoms. The van der Waals surface area contributed by atoms with Crippen molar-refractivity contribution in [2.75, 3.05) is 13.2 Å². The van der Waals surface area contributed by atoms with Crippen LogP contribution in [-0.4, -0.2) is 30.4 Å². The molecule has 2 aromatic carbocycles. The van der Waals surface area contributed by atoms with Crippen molar-refractivity contribution in [2.24, 2.45) is 0 Å². The van der Waals surface area contributed by atoms with Gasteiger partial charge >= 0.3 is 0 Å². The predicted molar refractivity (Wildman–Crippen MR) is 101 cm³/mol. The van der Waals surface area contributed by atoms with Crippen LogP contribution < -0.4 is 14.8 Å². The van der Waals surface area contributed by atoms with E-state index in [1.165, 1.54) is 11.8 Å². The highest BCUT2D eigenvalue weighted by atomic mass is 35.5. The Balaban J connectivity index is 1.52. The average molecular weight is 378 g/mol. The second kappa shape index (κ2) is 8.50. The summed E-state index contributed by atoms with van der Waals surface area (Å²) in [6.07, 6.45) is 0.557. The highest BCUT2D eigenvalue weighted by Gasteiger charge is 2.23. The van der Waals surface area contributed by atoms with Crippen LogP contribution in [0.2, 0.25) is 5.02 Å². The molecule has 0 saturated carbocycles. The summed E-state index contributed by atoms with van der Waals surface area (Å²) in [7, 11) is 0. The number of fused-ring (bicyclic) bond motifs is 1. The fraction of sp³-hybridized carbons (Fsp3) is 0.316. The lowest BCUT2D eigenvalue weighted by Crippen LogP contribution is -2.43. The monoisotopic (exact) mass is 377 g/mol. The molecule has 0 bridgehead atoms. The van der Waals surface area contributed by atoms with Crippen molar-refractivity contribution in [3.8, 4) is 11.5 Å². The van der Waals surface area contributed by atoms with Gasteiger partial charge in [0.1, 0.15) is 12.7 Å². The van der Waals surface area contributed by atoms with Crippen LogP contribution in [0.5, 0.6) is 11.5 Å². The van der Waals surface area contributed by atoms with E-state index in [0.29, 0.717) is 18.2 Å². The molecule has 3 rings (SSSR count). The molecular weight excluding hydrogens is 358 g/mol. The van der Waals surface area contributed by atoms with E-state index in [4.69, 9.17) is 21.1 Å². The molecule has 0 aromatic heterocycles. The van der Waals surface area contributed by atoms with E-state index in [9.17, 15) is 4.79 Å². The van der Waals surface area contributed by atoms with Crippen molar-refractivity contribution in [3.63, 3.8) is 0 Å². The first kappa shape index (κ1) is 18.0. The normalized spacial score (nSPS) is 17.0. The third kappa shape index (κ3) is 4.83. The van der Waals surface area contributed by atoms with Gasteiger partial charge in [-0.05, 0) is 42.8 Å². The van der Waals surface area contributed by atoms with Crippen molar-refractivity contribution in [2.45, 2.75) is 29.6 Å². The maximum absolute atomic E-state index is 12.5. The summed E-state index contributed by atoms with van der Waals surface area (Å²) in [5.74, 6) is 1.47. The van der Waals surface area contributed by atoms with E-state index in [-0.39, 0.29) is 17.3 Å². The third-order valence-corrected chi connectivity index (χ3v) is 5.45. The number of amides is 1. The Morgan fingerprint density at radius 2 is 1.96 bits per heavy atom. The van der Waals surface area contributed by atoms with Crippen LogP contribution in [0, 0.1) is 0 Å². The van der Waals surface area contributed by atoms with E-state index in [2.05, 4.69) is 5.32 Å². The summed E-state index contributed by atoms with van der Waals surface area (Å²) in [6, 6.07) is 15.1. The lowest BCUT2D eigenvalue weighted by Gasteiger charge is -2.27. The van der Waals surface area contributed by atoms with Crippen molar-refractivity contribution in [1.82, 2.24) is 5.32 Å². The van der Waals surface area contributed by atoms with Gasteiger partial charge in [0.15, 0.2) is 11.5 Å². The van der Waals surface area contributed by atoms with Crippen molar-refractivity contribution < 1.29 is 14.3 Å². The van der Waals surface area contributed by atoms with Gasteiger partial charge < -0.3 is 14.8 Å². The first-order valence-corrected chi connectivity index (χ1v) is 9.50. The van der Waals surface area contributed by atoms with E-state index in [1.54, 1.807) is 0 Å². The molecular formula is C19H20ClNO3S. The minimum Gasteiger partial charge on any atom is -0.486 e. The lowest BCUT2D eigenvalue weighted by molar-refractivity contribution is -0.121. The summed E-state index contributed by atoms with van der Waals surface area (Å²) in [5, 5.41) is 3.51. The number of carbonyl (C=O) groups excluding carboxylic acids is 1. The SMILES string of the molecule is CCC(Sc1ccc(Cl)cc1)C(=O)NCC1COc2ccccc2O1. The zero-order valence-electron chi connectivity index (χ0n) is 13.9. The molecule has 1 aliphatic heterocycles. The smallest absolute Gasteiger partial charge is 0.233 e. The van der Waals surface area contributed by atoms with Gasteiger partial charge in [0.25, 0.3) is 0 Å². The summed E-state index contributed by atoms with van der Waals surface area (Å²) in [5.41, 5.74) is 0. The molecule has 0 radical (unpaired) electrons. The zero-order valence-corrected chi connectivity index (χ0v) is 15.5. The number of carbonyl (C=O) groups is 1. The van der Waals surface area contributed by atoms with E-state index in [0.717, 1.165) is 22.8 Å². The molecule has 0 fully saturated rings. The number of ether oxygens (including phenoxy) is 2. The summed E-state index contributed by atoms with van der Waals surface area (Å²) >= 11 is 7.44. The lowest BCUT2D eigenvalue weighted by atomic mass is 10.2. The molecule has 0 saturated heterocycles. The van der Waals surface area contributed by atoms with Gasteiger partial charge in [-0.25, -0.2) is 0 Å². The van der Waals surface area contributed by atoms with Crippen molar-refractivity contribution >= 4 is 29.3 Å². The Bertz CT molecular complexity index is 723. The number of hydrogen-bond acceptors (Lipinski definition) is 4. The standard InChI is InChI=1S/C19H20ClNO3S/c1-2-18(25-15-9-7-13(20)8-10-15)19(22)21-11-14-12-23-16-5-3-4-6-17(16)24-14/h3-10,14,18H,2,11-12H2,1H3,(H,21,22). The Kier molecular flexibility index (Phi) is 6.10. The molecule has 6 heteroatoms. The van der Waals surface area contributed by atoms with Crippen molar-refractivity contribution in [1.29, 1.82) is 0 Å². The van der Waals surface area contributed by atoms with Gasteiger partial charge in [0, 0.05) is 9.92 Å². The van der Waals surface area contributed by atoms with E-state index in [1.807, 2.05) is 55.5 Å². The second-order valence-corrected chi connectivity index (χ2v) is 7.42. The molecule has 0 spiro atoms. The van der Waals surface area contributed by atoms with E-state index < -0.39 is 0 Å². The number of halogens is 1. The average Bonchev–Trinajstić information content (AvgIpc) is 2.65. The number of hydrogen-bond donors (Lipinski definition) is 1. The van der Waals surface area contributed by atoms with Gasteiger partial charge in [0.05, 0.1) is 11.8 Å². The fourth-order valence-electron chi connectivity index (χ4n) is 2.49. The number of para-hydroxylation sites is 2. The fourth-order valence-corrected chi connectivity index (χ4v) is 3.60. The molecule has 2 atom stereocenters. The number of rotatable bonds is 6. The number of benzene rings is 2. The van der Waals surface area contributed by atoms with Crippen molar-refractivity contribution in [3.05, 3.63) is 53.6 Å². The maximum atomic E-state index is 12.5. The Morgan fingerprint density at radius 3 is 2.68 bits per heavy atom. The Hall–Kier alpha value is -1.85. The maximum Gasteiger partial charge on any atom is 0.233 e. The second-order valence-electron chi connectivity index (χ2n) is 5.71. The van der Waals surface area contributed by atoms with Crippen LogP contribution in [-0.2, 0) is 4.79 Å². The van der Waals surface area contributed by atoms with Crippen LogP contribution in [0.3, 0.4) is 0 Å². The molecule has 132 valence electrons. The molecule has 1 N–H and O–H groups in total. The first-order chi connectivity index (χ1) is 12.2. The number of thioether (sulfide) groups is 1. The molecule has 4 nitrogen and oxygen atoms in total. The summed E-state index contributed by atoms with van der Waals surface area (Å²) in [4.78, 5) is 13.5. The van der Waals surface area contributed by atoms with Crippen LogP contribution in [0.1, 0.15) is 13.3 Å².